The second kappa shape index (κ2) is 6.06. The van der Waals surface area contributed by atoms with Crippen molar-refractivity contribution in [3.63, 3.8) is 0 Å². The average Bonchev–Trinajstić information content (AvgIpc) is 3.30. The molecule has 6 aromatic rings. The van der Waals surface area contributed by atoms with Crippen LogP contribution in [0.25, 0.3) is 41.4 Å². The molecule has 0 fully saturated rings. The Morgan fingerprint density at radius 3 is 2.39 bits per heavy atom. The number of non-ortho nitro benzene ring substituents is 1. The highest BCUT2D eigenvalue weighted by atomic mass is 32.1. The number of methoxy groups -OCH3 is 1. The zero-order valence-electron chi connectivity index (χ0n) is 15.6. The lowest BCUT2D eigenvalue weighted by Gasteiger charge is -2.02. The van der Waals surface area contributed by atoms with E-state index in [1.165, 1.54) is 43.6 Å². The van der Waals surface area contributed by atoms with E-state index < -0.39 is 4.92 Å². The Balaban J connectivity index is 1.77. The van der Waals surface area contributed by atoms with E-state index in [0.29, 0.717) is 31.4 Å². The summed E-state index contributed by atoms with van der Waals surface area (Å²) in [5.74, 6) is 0.674. The monoisotopic (exact) mass is 450 g/mol. The highest BCUT2D eigenvalue weighted by Crippen LogP contribution is 2.30. The number of nitro groups is 1. The van der Waals surface area contributed by atoms with E-state index in [2.05, 4.69) is 9.97 Å². The molecule has 31 heavy (non-hydrogen) atoms. The molecule has 1 N–H and O–H groups in total. The molecule has 12 heteroatoms. The van der Waals surface area contributed by atoms with Crippen molar-refractivity contribution in [1.29, 1.82) is 5.41 Å². The smallest absolute Gasteiger partial charge is 0.272 e. The van der Waals surface area contributed by atoms with Gasteiger partial charge in [-0.05, 0) is 24.3 Å². The van der Waals surface area contributed by atoms with E-state index in [1.807, 2.05) is 6.07 Å². The molecule has 4 heterocycles. The Morgan fingerprint density at radius 2 is 1.68 bits per heavy atom. The van der Waals surface area contributed by atoms with Gasteiger partial charge >= 0.3 is 0 Å². The van der Waals surface area contributed by atoms with Gasteiger partial charge in [-0.15, -0.1) is 0 Å². The molecule has 4 aromatic heterocycles. The first-order valence-electron chi connectivity index (χ1n) is 8.93. The lowest BCUT2D eigenvalue weighted by molar-refractivity contribution is -0.384. The molecule has 0 unspecified atom stereocenters. The molecule has 0 aliphatic rings. The number of ether oxygens (including phenoxy) is 1. The van der Waals surface area contributed by atoms with Crippen LogP contribution in [0.4, 0.5) is 5.69 Å². The Kier molecular flexibility index (Phi) is 3.50. The summed E-state index contributed by atoms with van der Waals surface area (Å²) in [5.41, 5.74) is 0.945. The number of nitrogens with one attached hydrogen (secondary N) is 1. The number of hydrogen-bond acceptors (Lipinski definition) is 9. The van der Waals surface area contributed by atoms with E-state index >= 15 is 0 Å². The maximum Gasteiger partial charge on any atom is 0.272 e. The van der Waals surface area contributed by atoms with E-state index in [1.54, 1.807) is 25.3 Å². The molecule has 0 aliphatic carbocycles. The summed E-state index contributed by atoms with van der Waals surface area (Å²) in [7, 11) is 1.58. The van der Waals surface area contributed by atoms with Crippen molar-refractivity contribution in [3.8, 4) is 5.75 Å². The summed E-state index contributed by atoms with van der Waals surface area (Å²) >= 11 is 2.54. The predicted molar refractivity (Wildman–Crippen MR) is 118 cm³/mol. The van der Waals surface area contributed by atoms with E-state index in [9.17, 15) is 14.9 Å². The second-order valence-electron chi connectivity index (χ2n) is 6.76. The van der Waals surface area contributed by atoms with Gasteiger partial charge in [-0.3, -0.25) is 29.1 Å². The van der Waals surface area contributed by atoms with Crippen molar-refractivity contribution in [2.24, 2.45) is 0 Å². The van der Waals surface area contributed by atoms with E-state index in [-0.39, 0.29) is 27.8 Å². The van der Waals surface area contributed by atoms with Gasteiger partial charge in [0.05, 0.1) is 32.5 Å². The van der Waals surface area contributed by atoms with Crippen molar-refractivity contribution in [2.45, 2.75) is 0 Å². The molecular formula is C19H10N6O4S2. The maximum absolute atomic E-state index is 13.4. The number of hydrogen-bond donors (Lipinski definition) is 1. The molecule has 0 aliphatic heterocycles. The maximum atomic E-state index is 13.4. The lowest BCUT2D eigenvalue weighted by Crippen LogP contribution is -2.25. The van der Waals surface area contributed by atoms with Crippen molar-refractivity contribution in [2.75, 3.05) is 7.11 Å². The van der Waals surface area contributed by atoms with Crippen molar-refractivity contribution >= 4 is 69.7 Å². The van der Waals surface area contributed by atoms with Gasteiger partial charge in [0.15, 0.2) is 15.6 Å². The van der Waals surface area contributed by atoms with Gasteiger partial charge in [0, 0.05) is 12.1 Å². The third kappa shape index (κ3) is 2.36. The van der Waals surface area contributed by atoms with Crippen LogP contribution in [0.5, 0.6) is 5.75 Å². The Labute approximate surface area is 178 Å². The summed E-state index contributed by atoms with van der Waals surface area (Å²) < 4.78 is 9.70. The second-order valence-corrected chi connectivity index (χ2v) is 8.78. The fourth-order valence-corrected chi connectivity index (χ4v) is 5.76. The van der Waals surface area contributed by atoms with Crippen molar-refractivity contribution < 1.29 is 9.66 Å². The molecule has 152 valence electrons. The molecule has 0 spiro atoms. The number of aromatic nitrogens is 4. The SMILES string of the molecule is COc1ccc2c(c1)sc1nc3nc4sc5cc([N+](=O)[O-])ccc5n4c(=N)c3c(=O)n12. The minimum Gasteiger partial charge on any atom is -0.497 e. The minimum absolute atomic E-state index is 0.0450. The normalized spacial score (nSPS) is 11.9. The zero-order valence-corrected chi connectivity index (χ0v) is 17.3. The highest BCUT2D eigenvalue weighted by molar-refractivity contribution is 7.24. The number of rotatable bonds is 2. The molecular weight excluding hydrogens is 440 g/mol. The van der Waals surface area contributed by atoms with Gasteiger partial charge in [0.1, 0.15) is 16.6 Å². The molecule has 0 bridgehead atoms. The Hall–Kier alpha value is -3.90. The van der Waals surface area contributed by atoms with Crippen LogP contribution < -0.4 is 15.8 Å². The van der Waals surface area contributed by atoms with Crippen molar-refractivity contribution in [1.82, 2.24) is 18.8 Å². The molecule has 0 saturated carbocycles. The largest absolute Gasteiger partial charge is 0.497 e. The van der Waals surface area contributed by atoms with Gasteiger partial charge in [0.2, 0.25) is 0 Å². The van der Waals surface area contributed by atoms with Crippen LogP contribution in [0.3, 0.4) is 0 Å². The Bertz CT molecular complexity index is 1860. The van der Waals surface area contributed by atoms with Crippen LogP contribution in [0.1, 0.15) is 0 Å². The van der Waals surface area contributed by atoms with Gasteiger partial charge in [0.25, 0.3) is 11.2 Å². The van der Waals surface area contributed by atoms with Gasteiger partial charge in [-0.25, -0.2) is 0 Å². The highest BCUT2D eigenvalue weighted by Gasteiger charge is 2.19. The minimum atomic E-state index is -0.470. The zero-order chi connectivity index (χ0) is 21.4. The summed E-state index contributed by atoms with van der Waals surface area (Å²) in [6.45, 7) is 0. The van der Waals surface area contributed by atoms with Crippen LogP contribution in [0, 0.1) is 15.5 Å². The quantitative estimate of drug-likeness (QED) is 0.318. The number of nitro benzene ring substituents is 1. The summed E-state index contributed by atoms with van der Waals surface area (Å²) in [4.78, 5) is 34.0. The fraction of sp³-hybridized carbons (Fsp3) is 0.0526. The van der Waals surface area contributed by atoms with Crippen LogP contribution in [-0.4, -0.2) is 30.8 Å². The molecule has 0 saturated heterocycles. The summed E-state index contributed by atoms with van der Waals surface area (Å²) in [5, 5.41) is 19.9. The lowest BCUT2D eigenvalue weighted by atomic mass is 10.3. The van der Waals surface area contributed by atoms with E-state index in [4.69, 9.17) is 10.1 Å². The summed E-state index contributed by atoms with van der Waals surface area (Å²) in [6, 6.07) is 9.77. The average molecular weight is 450 g/mol. The molecule has 0 atom stereocenters. The molecule has 0 amide bonds. The molecule has 2 aromatic carbocycles. The van der Waals surface area contributed by atoms with Crippen LogP contribution in [0.15, 0.2) is 41.2 Å². The van der Waals surface area contributed by atoms with Crippen LogP contribution in [-0.2, 0) is 0 Å². The fourth-order valence-electron chi connectivity index (χ4n) is 3.67. The third-order valence-corrected chi connectivity index (χ3v) is 7.10. The summed E-state index contributed by atoms with van der Waals surface area (Å²) in [6.07, 6.45) is 0. The number of fused-ring (bicyclic) bond motifs is 7. The number of nitrogens with zero attached hydrogens (tertiary/aromatic N) is 5. The number of thiazole rings is 2. The number of benzene rings is 2. The predicted octanol–water partition coefficient (Wildman–Crippen LogP) is 3.32. The molecule has 6 rings (SSSR count). The van der Waals surface area contributed by atoms with Gasteiger partial charge in [-0.1, -0.05) is 22.7 Å². The van der Waals surface area contributed by atoms with E-state index in [0.717, 1.165) is 4.70 Å². The first kappa shape index (κ1) is 17.9. The molecule has 0 radical (unpaired) electrons. The van der Waals surface area contributed by atoms with Crippen LogP contribution >= 0.6 is 22.7 Å². The Morgan fingerprint density at radius 1 is 1.03 bits per heavy atom. The standard InChI is InChI=1S/C19H10N6O4S2/c1-29-9-3-5-11-13(7-9)31-19-22-16-14(17(26)24(11)19)15(20)23-10-4-2-8(25(27)28)6-12(10)30-18(23)21-16/h2-7,20H,1H3. The third-order valence-electron chi connectivity index (χ3n) is 5.09. The first-order chi connectivity index (χ1) is 15.0. The topological polar surface area (TPSA) is 128 Å². The molecule has 10 nitrogen and oxygen atoms in total. The van der Waals surface area contributed by atoms with Crippen LogP contribution in [0.2, 0.25) is 0 Å². The first-order valence-corrected chi connectivity index (χ1v) is 10.6. The van der Waals surface area contributed by atoms with Crippen molar-refractivity contribution in [3.05, 3.63) is 62.4 Å². The van der Waals surface area contributed by atoms with Gasteiger partial charge < -0.3 is 4.74 Å². The van der Waals surface area contributed by atoms with Gasteiger partial charge in [-0.2, -0.15) is 9.97 Å².